The number of rotatable bonds is 10. The summed E-state index contributed by atoms with van der Waals surface area (Å²) >= 11 is 1.24. The normalized spacial score (nSPS) is 11.6. The first-order valence-corrected chi connectivity index (χ1v) is 11.0. The quantitative estimate of drug-likeness (QED) is 0.362. The summed E-state index contributed by atoms with van der Waals surface area (Å²) in [4.78, 5) is 24.6. The highest BCUT2D eigenvalue weighted by Gasteiger charge is 2.17. The van der Waals surface area contributed by atoms with Crippen LogP contribution in [0.3, 0.4) is 0 Å². The number of nitrogens with one attached hydrogen (secondary N) is 2. The summed E-state index contributed by atoms with van der Waals surface area (Å²) in [5.74, 6) is -0.623. The van der Waals surface area contributed by atoms with Crippen molar-refractivity contribution in [1.29, 1.82) is 0 Å². The molecule has 2 aromatic carbocycles. The second-order valence-corrected chi connectivity index (χ2v) is 7.89. The van der Waals surface area contributed by atoms with Gasteiger partial charge in [0.2, 0.25) is 5.91 Å². The molecule has 2 N–H and O–H groups in total. The number of thioether (sulfide) groups is 1. The van der Waals surface area contributed by atoms with E-state index in [1.807, 2.05) is 37.3 Å². The predicted molar refractivity (Wildman–Crippen MR) is 122 cm³/mol. The third-order valence-electron chi connectivity index (χ3n) is 4.64. The molecular formula is C23H24FN5O2S. The molecule has 1 heterocycles. The van der Waals surface area contributed by atoms with Crippen molar-refractivity contribution in [3.63, 3.8) is 0 Å². The summed E-state index contributed by atoms with van der Waals surface area (Å²) < 4.78 is 15.6. The van der Waals surface area contributed by atoms with Gasteiger partial charge in [0, 0.05) is 6.54 Å². The molecule has 166 valence electrons. The van der Waals surface area contributed by atoms with Crippen molar-refractivity contribution < 1.29 is 14.0 Å². The molecule has 0 spiro atoms. The van der Waals surface area contributed by atoms with Crippen LogP contribution in [0.1, 0.15) is 34.7 Å². The fourth-order valence-corrected chi connectivity index (χ4v) is 3.79. The summed E-state index contributed by atoms with van der Waals surface area (Å²) in [5.41, 5.74) is 0.981. The monoisotopic (exact) mass is 453 g/mol. The average molecular weight is 454 g/mol. The van der Waals surface area contributed by atoms with Crippen molar-refractivity contribution >= 4 is 23.6 Å². The number of hydrogen-bond donors (Lipinski definition) is 2. The van der Waals surface area contributed by atoms with Gasteiger partial charge in [-0.1, -0.05) is 60.3 Å². The van der Waals surface area contributed by atoms with Crippen molar-refractivity contribution in [2.75, 3.05) is 5.75 Å². The minimum Gasteiger partial charge on any atom is -0.349 e. The summed E-state index contributed by atoms with van der Waals surface area (Å²) in [6.07, 6.45) is 1.67. The molecule has 0 saturated heterocycles. The highest BCUT2D eigenvalue weighted by atomic mass is 32.2. The lowest BCUT2D eigenvalue weighted by atomic mass is 10.1. The van der Waals surface area contributed by atoms with Crippen molar-refractivity contribution in [2.24, 2.45) is 0 Å². The van der Waals surface area contributed by atoms with Crippen LogP contribution in [-0.2, 0) is 17.9 Å². The van der Waals surface area contributed by atoms with E-state index >= 15 is 0 Å². The summed E-state index contributed by atoms with van der Waals surface area (Å²) in [6, 6.07) is 15.3. The molecule has 0 radical (unpaired) electrons. The van der Waals surface area contributed by atoms with Gasteiger partial charge in [-0.3, -0.25) is 9.59 Å². The molecular weight excluding hydrogens is 429 g/mol. The van der Waals surface area contributed by atoms with Crippen LogP contribution in [0.2, 0.25) is 0 Å². The van der Waals surface area contributed by atoms with E-state index in [1.54, 1.807) is 16.7 Å². The van der Waals surface area contributed by atoms with Gasteiger partial charge in [0.15, 0.2) is 11.0 Å². The van der Waals surface area contributed by atoms with E-state index < -0.39 is 11.7 Å². The molecule has 32 heavy (non-hydrogen) atoms. The lowest BCUT2D eigenvalue weighted by Gasteiger charge is -2.14. The fourth-order valence-electron chi connectivity index (χ4n) is 3.01. The highest BCUT2D eigenvalue weighted by Crippen LogP contribution is 2.18. The van der Waals surface area contributed by atoms with Gasteiger partial charge >= 0.3 is 0 Å². The first kappa shape index (κ1) is 23.2. The Morgan fingerprint density at radius 3 is 2.59 bits per heavy atom. The molecule has 3 aromatic rings. The van der Waals surface area contributed by atoms with Crippen molar-refractivity contribution in [2.45, 2.75) is 31.2 Å². The molecule has 0 aliphatic carbocycles. The lowest BCUT2D eigenvalue weighted by molar-refractivity contribution is -0.119. The first-order valence-electron chi connectivity index (χ1n) is 10.0. The second kappa shape index (κ2) is 11.2. The van der Waals surface area contributed by atoms with Crippen LogP contribution in [0.25, 0.3) is 0 Å². The number of aromatic nitrogens is 3. The van der Waals surface area contributed by atoms with E-state index in [4.69, 9.17) is 0 Å². The number of carbonyl (C=O) groups excluding carboxylic acids is 2. The minimum atomic E-state index is -0.593. The molecule has 0 aliphatic rings. The van der Waals surface area contributed by atoms with Gasteiger partial charge in [-0.15, -0.1) is 16.8 Å². The number of nitrogens with zero attached hydrogens (tertiary/aromatic N) is 3. The number of amides is 2. The SMILES string of the molecule is C=CCn1c(CNC(=O)c2ccccc2F)nnc1SCC(=O)N[C@H](C)c1ccccc1. The number of benzene rings is 2. The Morgan fingerprint density at radius 1 is 1.16 bits per heavy atom. The van der Waals surface area contributed by atoms with Crippen LogP contribution in [0, 0.1) is 5.82 Å². The fraction of sp³-hybridized carbons (Fsp3) is 0.217. The highest BCUT2D eigenvalue weighted by molar-refractivity contribution is 7.99. The molecule has 1 atom stereocenters. The Kier molecular flexibility index (Phi) is 8.15. The number of carbonyl (C=O) groups is 2. The van der Waals surface area contributed by atoms with Gasteiger partial charge < -0.3 is 15.2 Å². The molecule has 3 rings (SSSR count). The molecule has 2 amide bonds. The molecule has 7 nitrogen and oxygen atoms in total. The molecule has 0 saturated carbocycles. The summed E-state index contributed by atoms with van der Waals surface area (Å²) in [6.45, 7) is 6.13. The maximum atomic E-state index is 13.8. The summed E-state index contributed by atoms with van der Waals surface area (Å²) in [5, 5.41) is 14.4. The minimum absolute atomic E-state index is 0.0407. The van der Waals surface area contributed by atoms with Crippen LogP contribution in [0.4, 0.5) is 4.39 Å². The molecule has 0 fully saturated rings. The number of hydrogen-bond acceptors (Lipinski definition) is 5. The van der Waals surface area contributed by atoms with Crippen molar-refractivity contribution in [1.82, 2.24) is 25.4 Å². The third kappa shape index (κ3) is 6.04. The van der Waals surface area contributed by atoms with Crippen molar-refractivity contribution in [3.05, 3.63) is 90.0 Å². The Morgan fingerprint density at radius 2 is 1.88 bits per heavy atom. The third-order valence-corrected chi connectivity index (χ3v) is 5.61. The molecule has 0 aliphatic heterocycles. The first-order chi connectivity index (χ1) is 15.5. The van der Waals surface area contributed by atoms with E-state index in [1.165, 1.54) is 30.0 Å². The lowest BCUT2D eigenvalue weighted by Crippen LogP contribution is -2.28. The average Bonchev–Trinajstić information content (AvgIpc) is 3.18. The Balaban J connectivity index is 1.59. The zero-order valence-electron chi connectivity index (χ0n) is 17.6. The van der Waals surface area contributed by atoms with E-state index in [2.05, 4.69) is 27.4 Å². The standard InChI is InChI=1S/C23H24FN5O2S/c1-3-13-29-20(14-25-22(31)18-11-7-8-12-19(18)24)27-28-23(29)32-15-21(30)26-16(2)17-9-5-4-6-10-17/h3-12,16H,1,13-15H2,2H3,(H,25,31)(H,26,30)/t16-/m1/s1. The smallest absolute Gasteiger partial charge is 0.254 e. The van der Waals surface area contributed by atoms with Crippen molar-refractivity contribution in [3.8, 4) is 0 Å². The predicted octanol–water partition coefficient (Wildman–Crippen LogP) is 3.50. The van der Waals surface area contributed by atoms with Crippen LogP contribution in [-0.4, -0.2) is 32.3 Å². The van der Waals surface area contributed by atoms with Crippen LogP contribution < -0.4 is 10.6 Å². The zero-order valence-corrected chi connectivity index (χ0v) is 18.4. The van der Waals surface area contributed by atoms with Gasteiger partial charge in [0.1, 0.15) is 5.82 Å². The Hall–Kier alpha value is -3.46. The van der Waals surface area contributed by atoms with Gasteiger partial charge in [0.25, 0.3) is 5.91 Å². The van der Waals surface area contributed by atoms with Gasteiger partial charge in [-0.2, -0.15) is 0 Å². The number of halogens is 1. The molecule has 0 unspecified atom stereocenters. The van der Waals surface area contributed by atoms with Crippen LogP contribution >= 0.6 is 11.8 Å². The maximum absolute atomic E-state index is 13.8. The largest absolute Gasteiger partial charge is 0.349 e. The Bertz CT molecular complexity index is 1090. The molecule has 0 bridgehead atoms. The zero-order chi connectivity index (χ0) is 22.9. The van der Waals surface area contributed by atoms with Crippen LogP contribution in [0.5, 0.6) is 0 Å². The molecule has 9 heteroatoms. The Labute approximate surface area is 190 Å². The maximum Gasteiger partial charge on any atom is 0.254 e. The molecule has 1 aromatic heterocycles. The van der Waals surface area contributed by atoms with Gasteiger partial charge in [-0.25, -0.2) is 4.39 Å². The summed E-state index contributed by atoms with van der Waals surface area (Å²) in [7, 11) is 0. The van der Waals surface area contributed by atoms with Crippen LogP contribution in [0.15, 0.2) is 72.4 Å². The van der Waals surface area contributed by atoms with E-state index in [0.29, 0.717) is 17.5 Å². The van der Waals surface area contributed by atoms with Gasteiger partial charge in [-0.05, 0) is 24.6 Å². The topological polar surface area (TPSA) is 88.9 Å². The van der Waals surface area contributed by atoms with E-state index in [9.17, 15) is 14.0 Å². The van der Waals surface area contributed by atoms with E-state index in [-0.39, 0.29) is 29.8 Å². The van der Waals surface area contributed by atoms with Gasteiger partial charge in [0.05, 0.1) is 23.9 Å². The number of allylic oxidation sites excluding steroid dienone is 1. The second-order valence-electron chi connectivity index (χ2n) is 6.95. The van der Waals surface area contributed by atoms with E-state index in [0.717, 1.165) is 5.56 Å².